The Bertz CT molecular complexity index is 805. The van der Waals surface area contributed by atoms with Gasteiger partial charge in [-0.1, -0.05) is 32.9 Å². The zero-order chi connectivity index (χ0) is 18.2. The van der Waals surface area contributed by atoms with Crippen molar-refractivity contribution < 1.29 is 4.79 Å². The Labute approximate surface area is 159 Å². The van der Waals surface area contributed by atoms with Crippen LogP contribution >= 0.6 is 22.6 Å². The van der Waals surface area contributed by atoms with Gasteiger partial charge in [0.25, 0.3) is 0 Å². The molecule has 2 rings (SSSR count). The van der Waals surface area contributed by atoms with Gasteiger partial charge in [0.1, 0.15) is 0 Å². The molecule has 0 bridgehead atoms. The molecule has 0 saturated heterocycles. The SMILES string of the molecule is Cc1cc(I)cc(C)c1C(=[N+]=[N-])c1c(C)cc(C(C)(C)C)cc1C. The van der Waals surface area contributed by atoms with Gasteiger partial charge in [0, 0.05) is 3.57 Å². The first-order valence-corrected chi connectivity index (χ1v) is 9.25. The lowest BCUT2D eigenvalue weighted by Gasteiger charge is -2.21. The van der Waals surface area contributed by atoms with Gasteiger partial charge in [0.05, 0.1) is 11.1 Å². The predicted molar refractivity (Wildman–Crippen MR) is 110 cm³/mol. The maximum absolute atomic E-state index is 9.82. The molecule has 2 aromatic rings. The second-order valence-corrected chi connectivity index (χ2v) is 8.84. The monoisotopic (exact) mass is 432 g/mol. The fourth-order valence-electron chi connectivity index (χ4n) is 3.28. The van der Waals surface area contributed by atoms with Crippen molar-refractivity contribution in [1.82, 2.24) is 0 Å². The number of rotatable bonds is 2. The van der Waals surface area contributed by atoms with Crippen LogP contribution in [-0.4, -0.2) is 10.5 Å². The maximum Gasteiger partial charge on any atom is 0.330 e. The summed E-state index contributed by atoms with van der Waals surface area (Å²) in [5, 5.41) is 0. The average Bonchev–Trinajstić information content (AvgIpc) is 2.42. The van der Waals surface area contributed by atoms with Crippen molar-refractivity contribution in [1.29, 1.82) is 0 Å². The van der Waals surface area contributed by atoms with Gasteiger partial charge in [0.2, 0.25) is 0 Å². The lowest BCUT2D eigenvalue weighted by atomic mass is 9.82. The summed E-state index contributed by atoms with van der Waals surface area (Å²) in [5.41, 5.74) is 18.5. The topological polar surface area (TPSA) is 36.4 Å². The van der Waals surface area contributed by atoms with Gasteiger partial charge in [-0.2, -0.15) is 4.79 Å². The summed E-state index contributed by atoms with van der Waals surface area (Å²) in [7, 11) is 0. The second kappa shape index (κ2) is 6.81. The minimum absolute atomic E-state index is 0.0965. The summed E-state index contributed by atoms with van der Waals surface area (Å²) < 4.78 is 1.19. The number of hydrogen-bond acceptors (Lipinski definition) is 0. The Morgan fingerprint density at radius 2 is 1.21 bits per heavy atom. The van der Waals surface area contributed by atoms with E-state index in [1.807, 2.05) is 0 Å². The second-order valence-electron chi connectivity index (χ2n) is 7.60. The van der Waals surface area contributed by atoms with Crippen molar-refractivity contribution in [3.05, 3.63) is 72.3 Å². The first kappa shape index (κ1) is 18.9. The van der Waals surface area contributed by atoms with E-state index in [0.717, 1.165) is 33.4 Å². The third kappa shape index (κ3) is 3.62. The van der Waals surface area contributed by atoms with Crippen LogP contribution in [0.25, 0.3) is 5.53 Å². The molecule has 0 aromatic heterocycles. The summed E-state index contributed by atoms with van der Waals surface area (Å²) in [4.78, 5) is 3.71. The van der Waals surface area contributed by atoms with Gasteiger partial charge in [0.15, 0.2) is 0 Å². The molecule has 0 unspecified atom stereocenters. The van der Waals surface area contributed by atoms with E-state index in [1.54, 1.807) is 0 Å². The number of aryl methyl sites for hydroxylation is 4. The van der Waals surface area contributed by atoms with Crippen molar-refractivity contribution >= 4 is 28.3 Å². The Balaban J connectivity index is 2.73. The molecule has 2 aromatic carbocycles. The van der Waals surface area contributed by atoms with E-state index in [9.17, 15) is 5.53 Å². The highest BCUT2D eigenvalue weighted by molar-refractivity contribution is 14.1. The molecule has 0 aliphatic heterocycles. The van der Waals surface area contributed by atoms with Gasteiger partial charge in [-0.05, 0) is 95.7 Å². The van der Waals surface area contributed by atoms with Crippen molar-refractivity contribution in [2.24, 2.45) is 0 Å². The van der Waals surface area contributed by atoms with Crippen LogP contribution in [0, 0.1) is 31.3 Å². The van der Waals surface area contributed by atoms with Crippen molar-refractivity contribution in [2.45, 2.75) is 53.9 Å². The Morgan fingerprint density at radius 3 is 1.54 bits per heavy atom. The lowest BCUT2D eigenvalue weighted by molar-refractivity contribution is -0.00295. The van der Waals surface area contributed by atoms with Crippen LogP contribution in [0.1, 0.15) is 59.7 Å². The number of hydrogen-bond donors (Lipinski definition) is 0. The molecule has 0 spiro atoms. The zero-order valence-corrected chi connectivity index (χ0v) is 17.7. The van der Waals surface area contributed by atoms with Crippen LogP contribution in [0.5, 0.6) is 0 Å². The smallest absolute Gasteiger partial charge is 0.330 e. The molecule has 0 aliphatic carbocycles. The molecule has 0 radical (unpaired) electrons. The Hall–Kier alpha value is -1.45. The summed E-state index contributed by atoms with van der Waals surface area (Å²) in [6.07, 6.45) is 0. The molecule has 0 aliphatic rings. The molecule has 3 heteroatoms. The number of halogens is 1. The van der Waals surface area contributed by atoms with Crippen molar-refractivity contribution in [3.8, 4) is 0 Å². The molecule has 126 valence electrons. The van der Waals surface area contributed by atoms with Crippen molar-refractivity contribution in [2.75, 3.05) is 0 Å². The summed E-state index contributed by atoms with van der Waals surface area (Å²) in [5.74, 6) is 0. The van der Waals surface area contributed by atoms with E-state index < -0.39 is 0 Å². The van der Waals surface area contributed by atoms with E-state index in [-0.39, 0.29) is 5.41 Å². The van der Waals surface area contributed by atoms with Crippen LogP contribution in [0.3, 0.4) is 0 Å². The predicted octanol–water partition coefficient (Wildman–Crippen LogP) is 5.89. The molecule has 2 nitrogen and oxygen atoms in total. The van der Waals surface area contributed by atoms with Crippen molar-refractivity contribution in [3.63, 3.8) is 0 Å². The largest absolute Gasteiger partial charge is 0.361 e. The Morgan fingerprint density at radius 1 is 0.833 bits per heavy atom. The van der Waals surface area contributed by atoms with Crippen LogP contribution < -0.4 is 0 Å². The summed E-state index contributed by atoms with van der Waals surface area (Å²) in [6, 6.07) is 8.68. The molecule has 0 heterocycles. The van der Waals surface area contributed by atoms with E-state index in [4.69, 9.17) is 0 Å². The molecule has 0 amide bonds. The first-order chi connectivity index (χ1) is 11.1. The van der Waals surface area contributed by atoms with E-state index in [2.05, 4.69) is 100 Å². The normalized spacial score (nSPS) is 11.3. The summed E-state index contributed by atoms with van der Waals surface area (Å²) >= 11 is 2.32. The van der Waals surface area contributed by atoms with Crippen LogP contribution in [0.4, 0.5) is 0 Å². The third-order valence-corrected chi connectivity index (χ3v) is 5.09. The van der Waals surface area contributed by atoms with Gasteiger partial charge in [-0.3, -0.25) is 0 Å². The van der Waals surface area contributed by atoms with Crippen LogP contribution in [-0.2, 0) is 5.41 Å². The molecule has 24 heavy (non-hydrogen) atoms. The fraction of sp³-hybridized carbons (Fsp3) is 0.381. The third-order valence-electron chi connectivity index (χ3n) is 4.47. The van der Waals surface area contributed by atoms with Gasteiger partial charge >= 0.3 is 5.71 Å². The van der Waals surface area contributed by atoms with E-state index >= 15 is 0 Å². The quantitative estimate of drug-likeness (QED) is 0.246. The molecule has 0 fully saturated rings. The van der Waals surface area contributed by atoms with Gasteiger partial charge in [-0.15, -0.1) is 0 Å². The lowest BCUT2D eigenvalue weighted by Crippen LogP contribution is -2.16. The van der Waals surface area contributed by atoms with Crippen LogP contribution in [0.2, 0.25) is 0 Å². The van der Waals surface area contributed by atoms with E-state index in [0.29, 0.717) is 5.71 Å². The number of benzene rings is 2. The molecule has 0 N–H and O–H groups in total. The molecule has 0 atom stereocenters. The fourth-order valence-corrected chi connectivity index (χ4v) is 4.21. The summed E-state index contributed by atoms with van der Waals surface area (Å²) in [6.45, 7) is 15.0. The Kier molecular flexibility index (Phi) is 5.36. The zero-order valence-electron chi connectivity index (χ0n) is 15.6. The maximum atomic E-state index is 9.82. The average molecular weight is 432 g/mol. The molecular weight excluding hydrogens is 407 g/mol. The standard InChI is InChI=1S/C21H25IN2/c1-12-8-16(21(5,6)7)9-13(2)18(12)20(24-23)19-14(3)10-17(22)11-15(19)4/h8-11H,1-7H3. The first-order valence-electron chi connectivity index (χ1n) is 8.17. The minimum atomic E-state index is 0.0965. The minimum Gasteiger partial charge on any atom is -0.361 e. The van der Waals surface area contributed by atoms with E-state index in [1.165, 1.54) is 9.13 Å². The van der Waals surface area contributed by atoms with Crippen LogP contribution in [0.15, 0.2) is 24.3 Å². The highest BCUT2D eigenvalue weighted by Crippen LogP contribution is 2.29. The highest BCUT2D eigenvalue weighted by atomic mass is 127. The van der Waals surface area contributed by atoms with Gasteiger partial charge < -0.3 is 5.53 Å². The number of nitrogens with zero attached hydrogens (tertiary/aromatic N) is 2. The molecular formula is C21H25IN2. The highest BCUT2D eigenvalue weighted by Gasteiger charge is 2.26. The molecule has 0 saturated carbocycles. The van der Waals surface area contributed by atoms with Gasteiger partial charge in [-0.25, -0.2) is 0 Å².